The van der Waals surface area contributed by atoms with Gasteiger partial charge < -0.3 is 9.84 Å². The highest BCUT2D eigenvalue weighted by atomic mass is 19.3. The molecule has 1 N–H and O–H groups in total. The van der Waals surface area contributed by atoms with E-state index in [4.69, 9.17) is 5.11 Å². The van der Waals surface area contributed by atoms with Crippen LogP contribution in [0, 0.1) is 10.1 Å². The zero-order valence-electron chi connectivity index (χ0n) is 12.2. The fraction of sp³-hybridized carbons (Fsp3) is 0.133. The van der Waals surface area contributed by atoms with E-state index in [-0.39, 0.29) is 11.1 Å². The van der Waals surface area contributed by atoms with E-state index >= 15 is 0 Å². The van der Waals surface area contributed by atoms with Gasteiger partial charge in [-0.15, -0.1) is 8.78 Å². The summed E-state index contributed by atoms with van der Waals surface area (Å²) in [7, 11) is 0. The van der Waals surface area contributed by atoms with Gasteiger partial charge in [-0.05, 0) is 6.07 Å². The maximum atomic E-state index is 13.3. The van der Waals surface area contributed by atoms with Crippen molar-refractivity contribution in [1.29, 1.82) is 0 Å². The molecule has 0 amide bonds. The number of benzene rings is 2. The lowest BCUT2D eigenvalue weighted by molar-refractivity contribution is -0.597. The van der Waals surface area contributed by atoms with Gasteiger partial charge in [0.05, 0.1) is 10.5 Å². The van der Waals surface area contributed by atoms with Gasteiger partial charge in [0, 0.05) is 17.7 Å². The standard InChI is InChI=1S/C15H9F2NO7/c16-15(17)24-14(25-15,9-4-2-1-3-5-9)11-8-10(18(21)22)6-7-12(11)23-13(19)20/h1-8H,(H,19,20). The maximum Gasteiger partial charge on any atom is 0.511 e. The van der Waals surface area contributed by atoms with Crippen LogP contribution < -0.4 is 4.74 Å². The number of nitro groups is 1. The van der Waals surface area contributed by atoms with E-state index in [1.165, 1.54) is 24.3 Å². The Morgan fingerprint density at radius 3 is 2.32 bits per heavy atom. The van der Waals surface area contributed by atoms with Gasteiger partial charge in [0.1, 0.15) is 5.75 Å². The van der Waals surface area contributed by atoms with Crippen LogP contribution in [0.5, 0.6) is 5.75 Å². The number of carboxylic acid groups (broad SMARTS) is 1. The lowest BCUT2D eigenvalue weighted by atomic mass is 9.94. The van der Waals surface area contributed by atoms with E-state index < -0.39 is 34.6 Å². The number of non-ortho nitro benzene ring substituents is 1. The summed E-state index contributed by atoms with van der Waals surface area (Å²) >= 11 is 0. The van der Waals surface area contributed by atoms with Gasteiger partial charge in [-0.2, -0.15) is 0 Å². The third kappa shape index (κ3) is 2.99. The number of rotatable bonds is 4. The van der Waals surface area contributed by atoms with Crippen molar-refractivity contribution in [2.75, 3.05) is 0 Å². The second-order valence-corrected chi connectivity index (χ2v) is 4.96. The monoisotopic (exact) mass is 353 g/mol. The van der Waals surface area contributed by atoms with Crippen molar-refractivity contribution in [3.05, 3.63) is 69.8 Å². The SMILES string of the molecule is O=C(O)Oc1ccc([N+](=O)[O-])cc1C1(c2ccccc2)OC(F)(F)O1. The summed E-state index contributed by atoms with van der Waals surface area (Å²) in [5, 5.41) is 19.8. The van der Waals surface area contributed by atoms with Crippen molar-refractivity contribution in [1.82, 2.24) is 0 Å². The molecule has 0 aliphatic carbocycles. The van der Waals surface area contributed by atoms with E-state index in [9.17, 15) is 23.7 Å². The van der Waals surface area contributed by atoms with Crippen LogP contribution in [0.25, 0.3) is 0 Å². The molecule has 0 spiro atoms. The van der Waals surface area contributed by atoms with Crippen LogP contribution in [0.4, 0.5) is 19.3 Å². The Kier molecular flexibility index (Phi) is 3.85. The molecule has 10 heteroatoms. The molecule has 130 valence electrons. The molecule has 0 atom stereocenters. The highest BCUT2D eigenvalue weighted by molar-refractivity contribution is 5.63. The number of nitro benzene ring substituents is 1. The predicted molar refractivity (Wildman–Crippen MR) is 76.1 cm³/mol. The fourth-order valence-electron chi connectivity index (χ4n) is 2.45. The van der Waals surface area contributed by atoms with Crippen molar-refractivity contribution in [2.24, 2.45) is 0 Å². The molecule has 0 bridgehead atoms. The number of ether oxygens (including phenoxy) is 3. The summed E-state index contributed by atoms with van der Waals surface area (Å²) in [6.45, 7) is 0. The lowest BCUT2D eigenvalue weighted by Crippen LogP contribution is -2.56. The predicted octanol–water partition coefficient (Wildman–Crippen LogP) is 3.45. The van der Waals surface area contributed by atoms with E-state index in [0.717, 1.165) is 18.2 Å². The molecule has 2 aromatic rings. The zero-order valence-corrected chi connectivity index (χ0v) is 12.2. The first-order valence-corrected chi connectivity index (χ1v) is 6.77. The molecule has 0 saturated carbocycles. The molecule has 8 nitrogen and oxygen atoms in total. The normalized spacial score (nSPS) is 17.4. The maximum absolute atomic E-state index is 13.3. The van der Waals surface area contributed by atoms with Gasteiger partial charge in [0.15, 0.2) is 0 Å². The number of hydrogen-bond donors (Lipinski definition) is 1. The number of halogens is 2. The van der Waals surface area contributed by atoms with Gasteiger partial charge in [-0.3, -0.25) is 19.6 Å². The van der Waals surface area contributed by atoms with Crippen LogP contribution in [0.15, 0.2) is 48.5 Å². The van der Waals surface area contributed by atoms with E-state index in [0.29, 0.717) is 0 Å². The minimum atomic E-state index is -3.94. The first kappa shape index (κ1) is 16.7. The first-order chi connectivity index (χ1) is 11.7. The molecule has 1 saturated heterocycles. The van der Waals surface area contributed by atoms with E-state index in [2.05, 4.69) is 14.2 Å². The zero-order chi connectivity index (χ0) is 18.2. The Morgan fingerprint density at radius 2 is 1.80 bits per heavy atom. The topological polar surface area (TPSA) is 108 Å². The summed E-state index contributed by atoms with van der Waals surface area (Å²) in [5.41, 5.74) is -0.775. The largest absolute Gasteiger partial charge is 0.511 e. The number of alkyl halides is 2. The Labute approximate surface area is 138 Å². The second kappa shape index (κ2) is 5.76. The van der Waals surface area contributed by atoms with Gasteiger partial charge in [0.25, 0.3) is 5.69 Å². The Bertz CT molecular complexity index is 833. The summed E-state index contributed by atoms with van der Waals surface area (Å²) in [5.74, 6) is -2.68. The van der Waals surface area contributed by atoms with Crippen LogP contribution in [-0.4, -0.2) is 22.5 Å². The van der Waals surface area contributed by atoms with E-state index in [1.807, 2.05) is 0 Å². The van der Waals surface area contributed by atoms with E-state index in [1.54, 1.807) is 6.07 Å². The third-order valence-electron chi connectivity index (χ3n) is 3.40. The number of nitrogens with zero attached hydrogens (tertiary/aromatic N) is 1. The molecule has 25 heavy (non-hydrogen) atoms. The van der Waals surface area contributed by atoms with Gasteiger partial charge in [0.2, 0.25) is 5.79 Å². The molecular formula is C15H9F2NO7. The smallest absolute Gasteiger partial charge is 0.449 e. The van der Waals surface area contributed by atoms with Crippen molar-refractivity contribution in [3.8, 4) is 5.75 Å². The average Bonchev–Trinajstić information content (AvgIpc) is 2.52. The fourth-order valence-corrected chi connectivity index (χ4v) is 2.45. The second-order valence-electron chi connectivity index (χ2n) is 4.96. The number of carbonyl (C=O) groups is 1. The highest BCUT2D eigenvalue weighted by Gasteiger charge is 2.64. The molecule has 1 fully saturated rings. The molecule has 1 aliphatic heterocycles. The summed E-state index contributed by atoms with van der Waals surface area (Å²) in [4.78, 5) is 21.1. The Morgan fingerprint density at radius 1 is 1.16 bits per heavy atom. The van der Waals surface area contributed by atoms with Crippen LogP contribution in [-0.2, 0) is 15.3 Å². The Balaban J connectivity index is 2.20. The summed E-state index contributed by atoms with van der Waals surface area (Å²) in [6.07, 6.45) is -5.68. The minimum absolute atomic E-state index is 0.0802. The van der Waals surface area contributed by atoms with Crippen LogP contribution >= 0.6 is 0 Å². The van der Waals surface area contributed by atoms with Gasteiger partial charge in [-0.25, -0.2) is 4.79 Å². The summed E-state index contributed by atoms with van der Waals surface area (Å²) < 4.78 is 40.4. The van der Waals surface area contributed by atoms with Crippen molar-refractivity contribution in [3.63, 3.8) is 0 Å². The third-order valence-corrected chi connectivity index (χ3v) is 3.40. The molecule has 3 rings (SSSR count). The van der Waals surface area contributed by atoms with Gasteiger partial charge in [-0.1, -0.05) is 30.3 Å². The van der Waals surface area contributed by atoms with Crippen LogP contribution in [0.1, 0.15) is 11.1 Å². The number of hydrogen-bond acceptors (Lipinski definition) is 6. The van der Waals surface area contributed by atoms with Crippen LogP contribution in [0.2, 0.25) is 0 Å². The molecule has 0 radical (unpaired) electrons. The van der Waals surface area contributed by atoms with Crippen molar-refractivity contribution >= 4 is 11.8 Å². The highest BCUT2D eigenvalue weighted by Crippen LogP contribution is 2.54. The quantitative estimate of drug-likeness (QED) is 0.388. The molecule has 1 aliphatic rings. The molecule has 1 heterocycles. The molecular weight excluding hydrogens is 344 g/mol. The van der Waals surface area contributed by atoms with Crippen molar-refractivity contribution in [2.45, 2.75) is 12.1 Å². The molecule has 0 aromatic heterocycles. The summed E-state index contributed by atoms with van der Waals surface area (Å²) in [6, 6.07) is 10.2. The first-order valence-electron chi connectivity index (χ1n) is 6.77. The Hall–Kier alpha value is -3.11. The lowest BCUT2D eigenvalue weighted by Gasteiger charge is -2.46. The van der Waals surface area contributed by atoms with Crippen molar-refractivity contribution < 1.29 is 37.8 Å². The average molecular weight is 353 g/mol. The minimum Gasteiger partial charge on any atom is -0.449 e. The van der Waals surface area contributed by atoms with Crippen LogP contribution in [0.3, 0.4) is 0 Å². The van der Waals surface area contributed by atoms with Gasteiger partial charge >= 0.3 is 12.5 Å². The molecule has 2 aromatic carbocycles. The molecule has 0 unspecified atom stereocenters.